The van der Waals surface area contributed by atoms with Gasteiger partial charge in [0.05, 0.1) is 0 Å². The van der Waals surface area contributed by atoms with Crippen LogP contribution >= 0.6 is 0 Å². The van der Waals surface area contributed by atoms with Crippen LogP contribution < -0.4 is 5.32 Å². The number of carbonyl (C=O) groups excluding carboxylic acids is 1. The number of amides is 1. The summed E-state index contributed by atoms with van der Waals surface area (Å²) in [6, 6.07) is 11.8. The molecule has 0 radical (unpaired) electrons. The van der Waals surface area contributed by atoms with Crippen molar-refractivity contribution in [3.63, 3.8) is 0 Å². The van der Waals surface area contributed by atoms with E-state index >= 15 is 0 Å². The minimum atomic E-state index is -0.394. The van der Waals surface area contributed by atoms with Crippen molar-refractivity contribution in [3.05, 3.63) is 65.7 Å². The monoisotopic (exact) mass is 275 g/mol. The van der Waals surface area contributed by atoms with Crippen molar-refractivity contribution in [1.82, 2.24) is 0 Å². The molecule has 2 aromatic rings. The number of benzene rings is 2. The Morgan fingerprint density at radius 3 is 2.45 bits per heavy atom. The second kappa shape index (κ2) is 6.28. The van der Waals surface area contributed by atoms with Crippen LogP contribution in [0, 0.1) is 17.6 Å². The highest BCUT2D eigenvalue weighted by Crippen LogP contribution is 2.14. The summed E-state index contributed by atoms with van der Waals surface area (Å²) in [6.45, 7) is 1.78. The number of rotatable bonds is 4. The third kappa shape index (κ3) is 3.88. The highest BCUT2D eigenvalue weighted by Gasteiger charge is 2.14. The van der Waals surface area contributed by atoms with Gasteiger partial charge in [0.2, 0.25) is 5.91 Å². The zero-order valence-corrected chi connectivity index (χ0v) is 11.1. The molecule has 0 spiro atoms. The van der Waals surface area contributed by atoms with Gasteiger partial charge in [-0.2, -0.15) is 0 Å². The Morgan fingerprint density at radius 1 is 1.10 bits per heavy atom. The van der Waals surface area contributed by atoms with Gasteiger partial charge in [0.25, 0.3) is 0 Å². The molecule has 0 saturated carbocycles. The lowest BCUT2D eigenvalue weighted by Crippen LogP contribution is -2.22. The van der Waals surface area contributed by atoms with Crippen LogP contribution in [-0.2, 0) is 11.2 Å². The van der Waals surface area contributed by atoms with Gasteiger partial charge in [0.15, 0.2) is 0 Å². The van der Waals surface area contributed by atoms with E-state index in [1.807, 2.05) is 0 Å². The summed E-state index contributed by atoms with van der Waals surface area (Å²) in [5.74, 6) is -1.18. The average molecular weight is 275 g/mol. The Morgan fingerprint density at radius 2 is 1.80 bits per heavy atom. The lowest BCUT2D eigenvalue weighted by atomic mass is 10.0. The third-order valence-corrected chi connectivity index (χ3v) is 2.99. The van der Waals surface area contributed by atoms with Crippen molar-refractivity contribution < 1.29 is 13.6 Å². The van der Waals surface area contributed by atoms with Crippen molar-refractivity contribution in [1.29, 1.82) is 0 Å². The number of carbonyl (C=O) groups is 1. The summed E-state index contributed by atoms with van der Waals surface area (Å²) < 4.78 is 25.8. The van der Waals surface area contributed by atoms with Crippen molar-refractivity contribution in [2.24, 2.45) is 5.92 Å². The Labute approximate surface area is 116 Å². The van der Waals surface area contributed by atoms with Crippen LogP contribution in [0.3, 0.4) is 0 Å². The summed E-state index contributed by atoms with van der Waals surface area (Å²) in [5, 5.41) is 2.66. The number of nitrogens with one attached hydrogen (secondary N) is 1. The predicted octanol–water partition coefficient (Wildman–Crippen LogP) is 3.78. The number of halogens is 2. The quantitative estimate of drug-likeness (QED) is 0.904. The van der Waals surface area contributed by atoms with Crippen molar-refractivity contribution in [2.45, 2.75) is 13.3 Å². The van der Waals surface area contributed by atoms with E-state index in [1.165, 1.54) is 30.3 Å². The van der Waals surface area contributed by atoms with E-state index < -0.39 is 5.82 Å². The van der Waals surface area contributed by atoms with Gasteiger partial charge in [-0.1, -0.05) is 25.1 Å². The van der Waals surface area contributed by atoms with Gasteiger partial charge in [-0.05, 0) is 42.3 Å². The van der Waals surface area contributed by atoms with Crippen LogP contribution in [-0.4, -0.2) is 5.91 Å². The molecule has 0 aliphatic heterocycles. The van der Waals surface area contributed by atoms with Crippen LogP contribution in [0.1, 0.15) is 12.5 Å². The van der Waals surface area contributed by atoms with E-state index in [9.17, 15) is 13.6 Å². The highest BCUT2D eigenvalue weighted by molar-refractivity contribution is 5.92. The first-order valence-corrected chi connectivity index (χ1v) is 6.35. The topological polar surface area (TPSA) is 29.1 Å². The molecule has 1 unspecified atom stereocenters. The average Bonchev–Trinajstić information content (AvgIpc) is 2.41. The molecular formula is C16H15F2NO. The molecule has 1 N–H and O–H groups in total. The Hall–Kier alpha value is -2.23. The number of anilines is 1. The molecule has 1 atom stereocenters. The lowest BCUT2D eigenvalue weighted by Gasteiger charge is -2.12. The molecule has 0 saturated heterocycles. The first kappa shape index (κ1) is 14.2. The maximum Gasteiger partial charge on any atom is 0.227 e. The van der Waals surface area contributed by atoms with Gasteiger partial charge in [-0.25, -0.2) is 8.78 Å². The third-order valence-electron chi connectivity index (χ3n) is 2.99. The molecule has 4 heteroatoms. The van der Waals surface area contributed by atoms with Gasteiger partial charge < -0.3 is 5.32 Å². The Bertz CT molecular complexity index is 596. The van der Waals surface area contributed by atoms with Gasteiger partial charge in [-0.3, -0.25) is 4.79 Å². The molecular weight excluding hydrogens is 260 g/mol. The van der Waals surface area contributed by atoms with Crippen LogP contribution in [0.15, 0.2) is 48.5 Å². The summed E-state index contributed by atoms with van der Waals surface area (Å²) in [6.07, 6.45) is 0.501. The van der Waals surface area contributed by atoms with Gasteiger partial charge >= 0.3 is 0 Å². The summed E-state index contributed by atoms with van der Waals surface area (Å²) in [7, 11) is 0. The van der Waals surface area contributed by atoms with Crippen LogP contribution in [0.2, 0.25) is 0 Å². The summed E-state index contributed by atoms with van der Waals surface area (Å²) >= 11 is 0. The minimum Gasteiger partial charge on any atom is -0.326 e. The molecule has 2 nitrogen and oxygen atoms in total. The zero-order valence-electron chi connectivity index (χ0n) is 11.1. The maximum absolute atomic E-state index is 13.0. The molecule has 0 aliphatic carbocycles. The maximum atomic E-state index is 13.0. The smallest absolute Gasteiger partial charge is 0.227 e. The number of hydrogen-bond acceptors (Lipinski definition) is 1. The Balaban J connectivity index is 1.96. The molecule has 20 heavy (non-hydrogen) atoms. The normalized spacial score (nSPS) is 11.9. The Kier molecular flexibility index (Phi) is 4.45. The molecule has 0 aliphatic rings. The number of hydrogen-bond donors (Lipinski definition) is 1. The first-order chi connectivity index (χ1) is 9.54. The molecule has 2 rings (SSSR count). The fourth-order valence-corrected chi connectivity index (χ4v) is 1.90. The first-order valence-electron chi connectivity index (χ1n) is 6.35. The highest BCUT2D eigenvalue weighted by atomic mass is 19.1. The largest absolute Gasteiger partial charge is 0.326 e. The second-order valence-electron chi connectivity index (χ2n) is 4.73. The van der Waals surface area contributed by atoms with Crippen molar-refractivity contribution in [3.8, 4) is 0 Å². The molecule has 1 amide bonds. The zero-order chi connectivity index (χ0) is 14.5. The molecule has 0 fully saturated rings. The summed E-state index contributed by atoms with van der Waals surface area (Å²) in [4.78, 5) is 12.0. The van der Waals surface area contributed by atoms with Gasteiger partial charge in [0, 0.05) is 11.6 Å². The lowest BCUT2D eigenvalue weighted by molar-refractivity contribution is -0.119. The van der Waals surface area contributed by atoms with E-state index in [-0.39, 0.29) is 17.6 Å². The van der Waals surface area contributed by atoms with Crippen molar-refractivity contribution in [2.75, 3.05) is 5.32 Å². The van der Waals surface area contributed by atoms with Gasteiger partial charge in [-0.15, -0.1) is 0 Å². The summed E-state index contributed by atoms with van der Waals surface area (Å²) in [5.41, 5.74) is 1.31. The SMILES string of the molecule is CC(Cc1ccc(F)cc1)C(=O)Nc1cccc(F)c1. The van der Waals surface area contributed by atoms with E-state index in [2.05, 4.69) is 5.32 Å². The van der Waals surface area contributed by atoms with Crippen LogP contribution in [0.25, 0.3) is 0 Å². The van der Waals surface area contributed by atoms with Crippen molar-refractivity contribution >= 4 is 11.6 Å². The minimum absolute atomic E-state index is 0.195. The molecule has 0 bridgehead atoms. The van der Waals surface area contributed by atoms with E-state index in [4.69, 9.17) is 0 Å². The fraction of sp³-hybridized carbons (Fsp3) is 0.188. The molecule has 0 heterocycles. The molecule has 104 valence electrons. The van der Waals surface area contributed by atoms with E-state index in [0.29, 0.717) is 12.1 Å². The fourth-order valence-electron chi connectivity index (χ4n) is 1.90. The standard InChI is InChI=1S/C16H15F2NO/c1-11(9-12-5-7-13(17)8-6-12)16(20)19-15-4-2-3-14(18)10-15/h2-8,10-11H,9H2,1H3,(H,19,20). The van der Waals surface area contributed by atoms with Crippen LogP contribution in [0.4, 0.5) is 14.5 Å². The van der Waals surface area contributed by atoms with E-state index in [1.54, 1.807) is 25.1 Å². The van der Waals surface area contributed by atoms with Crippen LogP contribution in [0.5, 0.6) is 0 Å². The predicted molar refractivity (Wildman–Crippen MR) is 74.3 cm³/mol. The van der Waals surface area contributed by atoms with E-state index in [0.717, 1.165) is 5.56 Å². The molecule has 2 aromatic carbocycles. The van der Waals surface area contributed by atoms with Gasteiger partial charge in [0.1, 0.15) is 11.6 Å². The molecule has 0 aromatic heterocycles. The second-order valence-corrected chi connectivity index (χ2v) is 4.73.